The Bertz CT molecular complexity index is 593. The van der Waals surface area contributed by atoms with Crippen LogP contribution < -0.4 is 10.6 Å². The molecule has 1 aromatic rings. The van der Waals surface area contributed by atoms with Crippen molar-refractivity contribution in [3.63, 3.8) is 0 Å². The molecule has 1 saturated heterocycles. The number of carbonyl (C=O) groups is 2. The Hall–Kier alpha value is -1.67. The molecule has 1 aliphatic rings. The number of hydrogen-bond acceptors (Lipinski definition) is 5. The molecular formula is C17H25BrN4O3. The van der Waals surface area contributed by atoms with E-state index in [1.807, 2.05) is 26.8 Å². The summed E-state index contributed by atoms with van der Waals surface area (Å²) < 4.78 is 6.13. The number of rotatable bonds is 4. The van der Waals surface area contributed by atoms with E-state index in [9.17, 15) is 9.59 Å². The van der Waals surface area contributed by atoms with E-state index < -0.39 is 5.60 Å². The number of pyridine rings is 1. The van der Waals surface area contributed by atoms with Crippen LogP contribution in [0.4, 0.5) is 10.6 Å². The van der Waals surface area contributed by atoms with Crippen LogP contribution in [0.25, 0.3) is 0 Å². The average Bonchev–Trinajstić information content (AvgIpc) is 2.49. The minimum atomic E-state index is -0.496. The molecule has 2 amide bonds. The first-order valence-corrected chi connectivity index (χ1v) is 9.14. The number of likely N-dealkylation sites (tertiary alicyclic amines) is 1. The van der Waals surface area contributed by atoms with Gasteiger partial charge in [0.2, 0.25) is 5.91 Å². The second-order valence-corrected chi connectivity index (χ2v) is 8.02. The van der Waals surface area contributed by atoms with Crippen LogP contribution in [0.3, 0.4) is 0 Å². The van der Waals surface area contributed by atoms with E-state index in [0.29, 0.717) is 12.4 Å². The highest BCUT2D eigenvalue weighted by Gasteiger charge is 2.24. The summed E-state index contributed by atoms with van der Waals surface area (Å²) in [6.45, 7) is 7.34. The number of halogens is 1. The molecule has 138 valence electrons. The molecule has 8 heteroatoms. The van der Waals surface area contributed by atoms with Crippen molar-refractivity contribution < 1.29 is 14.3 Å². The van der Waals surface area contributed by atoms with Gasteiger partial charge in [0.05, 0.1) is 6.54 Å². The number of nitrogens with zero attached hydrogens (tertiary/aromatic N) is 2. The van der Waals surface area contributed by atoms with E-state index in [4.69, 9.17) is 4.74 Å². The van der Waals surface area contributed by atoms with Gasteiger partial charge >= 0.3 is 6.09 Å². The highest BCUT2D eigenvalue weighted by molar-refractivity contribution is 9.10. The maximum absolute atomic E-state index is 12.1. The predicted octanol–water partition coefficient (Wildman–Crippen LogP) is 2.77. The van der Waals surface area contributed by atoms with E-state index in [1.54, 1.807) is 12.3 Å². The lowest BCUT2D eigenvalue weighted by molar-refractivity contribution is -0.117. The van der Waals surface area contributed by atoms with Gasteiger partial charge in [-0.05, 0) is 61.7 Å². The maximum atomic E-state index is 12.1. The number of alkyl carbamates (subject to hydrolysis) is 1. The smallest absolute Gasteiger partial charge is 0.407 e. The summed E-state index contributed by atoms with van der Waals surface area (Å²) in [5.74, 6) is 0.447. The Kier molecular flexibility index (Phi) is 6.78. The van der Waals surface area contributed by atoms with Crippen molar-refractivity contribution >= 4 is 33.7 Å². The molecule has 2 N–H and O–H groups in total. The van der Waals surface area contributed by atoms with Gasteiger partial charge in [0.1, 0.15) is 11.4 Å². The molecule has 0 atom stereocenters. The summed E-state index contributed by atoms with van der Waals surface area (Å²) in [5, 5.41) is 5.67. The molecule has 2 heterocycles. The zero-order valence-electron chi connectivity index (χ0n) is 14.8. The molecule has 0 bridgehead atoms. The highest BCUT2D eigenvalue weighted by Crippen LogP contribution is 2.13. The molecule has 0 aliphatic carbocycles. The summed E-state index contributed by atoms with van der Waals surface area (Å²) in [5.41, 5.74) is -0.496. The van der Waals surface area contributed by atoms with E-state index in [0.717, 1.165) is 30.4 Å². The lowest BCUT2D eigenvalue weighted by Crippen LogP contribution is -2.47. The zero-order chi connectivity index (χ0) is 18.4. The van der Waals surface area contributed by atoms with E-state index in [1.165, 1.54) is 0 Å². The minimum absolute atomic E-state index is 0.0855. The van der Waals surface area contributed by atoms with Crippen molar-refractivity contribution in [2.75, 3.05) is 25.0 Å². The Labute approximate surface area is 156 Å². The van der Waals surface area contributed by atoms with Crippen molar-refractivity contribution in [3.8, 4) is 0 Å². The van der Waals surface area contributed by atoms with E-state index in [-0.39, 0.29) is 18.0 Å². The van der Waals surface area contributed by atoms with Gasteiger partial charge in [0.15, 0.2) is 0 Å². The van der Waals surface area contributed by atoms with Crippen molar-refractivity contribution in [3.05, 3.63) is 22.8 Å². The van der Waals surface area contributed by atoms with Gasteiger partial charge in [-0.15, -0.1) is 0 Å². The van der Waals surface area contributed by atoms with Crippen molar-refractivity contribution in [2.24, 2.45) is 0 Å². The van der Waals surface area contributed by atoms with Gasteiger partial charge in [0.25, 0.3) is 0 Å². The molecule has 1 aliphatic heterocycles. The second-order valence-electron chi connectivity index (χ2n) is 7.11. The molecule has 2 rings (SSSR count). The summed E-state index contributed by atoms with van der Waals surface area (Å²) in [6, 6.07) is 3.66. The number of aromatic nitrogens is 1. The van der Waals surface area contributed by atoms with Gasteiger partial charge in [-0.1, -0.05) is 0 Å². The minimum Gasteiger partial charge on any atom is -0.444 e. The van der Waals surface area contributed by atoms with Gasteiger partial charge in [0, 0.05) is 29.8 Å². The molecule has 1 fully saturated rings. The van der Waals surface area contributed by atoms with Crippen LogP contribution in [0.2, 0.25) is 0 Å². The number of carbonyl (C=O) groups excluding carboxylic acids is 2. The van der Waals surface area contributed by atoms with Crippen LogP contribution in [-0.2, 0) is 9.53 Å². The van der Waals surface area contributed by atoms with Gasteiger partial charge in [-0.3, -0.25) is 9.69 Å². The second kappa shape index (κ2) is 8.62. The number of piperidine rings is 1. The first-order valence-electron chi connectivity index (χ1n) is 8.34. The van der Waals surface area contributed by atoms with Crippen LogP contribution in [0.15, 0.2) is 22.8 Å². The Morgan fingerprint density at radius 3 is 2.56 bits per heavy atom. The fourth-order valence-corrected chi connectivity index (χ4v) is 2.78. The quantitative estimate of drug-likeness (QED) is 0.793. The van der Waals surface area contributed by atoms with E-state index in [2.05, 4.69) is 36.4 Å². The average molecular weight is 413 g/mol. The monoisotopic (exact) mass is 412 g/mol. The maximum Gasteiger partial charge on any atom is 0.407 e. The van der Waals surface area contributed by atoms with Gasteiger partial charge in [-0.2, -0.15) is 0 Å². The molecule has 0 aromatic carbocycles. The molecule has 7 nitrogen and oxygen atoms in total. The molecule has 0 radical (unpaired) electrons. The fraction of sp³-hybridized carbons (Fsp3) is 0.588. The molecule has 0 saturated carbocycles. The summed E-state index contributed by atoms with van der Waals surface area (Å²) in [6.07, 6.45) is 2.85. The molecular weight excluding hydrogens is 388 g/mol. The molecule has 0 unspecified atom stereocenters. The predicted molar refractivity (Wildman–Crippen MR) is 99.4 cm³/mol. The fourth-order valence-electron chi connectivity index (χ4n) is 2.54. The lowest BCUT2D eigenvalue weighted by Gasteiger charge is -2.32. The summed E-state index contributed by atoms with van der Waals surface area (Å²) in [7, 11) is 0. The number of ether oxygens (including phenoxy) is 1. The lowest BCUT2D eigenvalue weighted by atomic mass is 10.1. The normalized spacial score (nSPS) is 16.3. The first kappa shape index (κ1) is 19.7. The third-order valence-corrected chi connectivity index (χ3v) is 4.14. The van der Waals surface area contributed by atoms with E-state index >= 15 is 0 Å². The number of amides is 2. The number of anilines is 1. The Morgan fingerprint density at radius 1 is 1.32 bits per heavy atom. The van der Waals surface area contributed by atoms with Crippen LogP contribution in [0.5, 0.6) is 0 Å². The number of nitrogens with one attached hydrogen (secondary N) is 2. The largest absolute Gasteiger partial charge is 0.444 e. The van der Waals surface area contributed by atoms with Gasteiger partial charge in [-0.25, -0.2) is 9.78 Å². The molecule has 1 aromatic heterocycles. The third-order valence-electron chi connectivity index (χ3n) is 3.67. The third kappa shape index (κ3) is 7.39. The first-order chi connectivity index (χ1) is 11.7. The van der Waals surface area contributed by atoms with Crippen molar-refractivity contribution in [1.82, 2.24) is 15.2 Å². The number of hydrogen-bond donors (Lipinski definition) is 2. The van der Waals surface area contributed by atoms with Crippen molar-refractivity contribution in [1.29, 1.82) is 0 Å². The van der Waals surface area contributed by atoms with Crippen LogP contribution in [0, 0.1) is 0 Å². The SMILES string of the molecule is CC(C)(C)OC(=O)NC1CCN(CC(=O)Nc2ccc(Br)cn2)CC1. The van der Waals surface area contributed by atoms with Crippen LogP contribution >= 0.6 is 15.9 Å². The summed E-state index contributed by atoms with van der Waals surface area (Å²) >= 11 is 3.31. The molecule has 0 spiro atoms. The zero-order valence-corrected chi connectivity index (χ0v) is 16.4. The highest BCUT2D eigenvalue weighted by atomic mass is 79.9. The topological polar surface area (TPSA) is 83.6 Å². The Morgan fingerprint density at radius 2 is 2.00 bits per heavy atom. The van der Waals surface area contributed by atoms with Crippen LogP contribution in [0.1, 0.15) is 33.6 Å². The van der Waals surface area contributed by atoms with Crippen LogP contribution in [-0.4, -0.2) is 53.2 Å². The van der Waals surface area contributed by atoms with Gasteiger partial charge < -0.3 is 15.4 Å². The van der Waals surface area contributed by atoms with Crippen molar-refractivity contribution in [2.45, 2.75) is 45.3 Å². The molecule has 25 heavy (non-hydrogen) atoms. The summed E-state index contributed by atoms with van der Waals surface area (Å²) in [4.78, 5) is 30.1. The Balaban J connectivity index is 1.70. The standard InChI is InChI=1S/C17H25BrN4O3/c1-17(2,3)25-16(24)20-13-6-8-22(9-7-13)11-15(23)21-14-5-4-12(18)10-19-14/h4-5,10,13H,6-9,11H2,1-3H3,(H,20,24)(H,19,21,23).